The minimum Gasteiger partial charge on any atom is -0.456 e. The van der Waals surface area contributed by atoms with E-state index < -0.39 is 0 Å². The standard InChI is InChI=1S/C49H30N2O2S/c1-3-10-31(11-4-1)32-18-22-35(23-19-32)51(36-24-20-33(21-25-36)38-15-9-16-40-39-14-7-8-17-45(39)54-48(38)40)37-26-27-42-41(30-37)46-43(52-42)28-29-44-47(46)50-49(53-44)34-12-5-2-6-13-34/h1-30H. The predicted octanol–water partition coefficient (Wildman–Crippen LogP) is 14.6. The van der Waals surface area contributed by atoms with Gasteiger partial charge >= 0.3 is 0 Å². The molecule has 0 spiro atoms. The molecule has 11 rings (SSSR count). The van der Waals surface area contributed by atoms with Crippen LogP contribution in [-0.2, 0) is 0 Å². The smallest absolute Gasteiger partial charge is 0.227 e. The van der Waals surface area contributed by atoms with Crippen molar-refractivity contribution >= 4 is 81.6 Å². The Labute approximate surface area is 314 Å². The molecular formula is C49H30N2O2S. The van der Waals surface area contributed by atoms with Gasteiger partial charge in [-0.2, -0.15) is 0 Å². The summed E-state index contributed by atoms with van der Waals surface area (Å²) in [6.45, 7) is 0. The number of benzene rings is 8. The second-order valence-electron chi connectivity index (χ2n) is 13.5. The molecule has 54 heavy (non-hydrogen) atoms. The van der Waals surface area contributed by atoms with Crippen molar-refractivity contribution < 1.29 is 8.83 Å². The number of aromatic nitrogens is 1. The number of thiophene rings is 1. The van der Waals surface area contributed by atoms with E-state index in [9.17, 15) is 0 Å². The van der Waals surface area contributed by atoms with Gasteiger partial charge in [-0.15, -0.1) is 11.3 Å². The van der Waals surface area contributed by atoms with Gasteiger partial charge in [-0.1, -0.05) is 109 Å². The van der Waals surface area contributed by atoms with Gasteiger partial charge in [-0.05, 0) is 95.1 Å². The lowest BCUT2D eigenvalue weighted by Gasteiger charge is -2.26. The lowest BCUT2D eigenvalue weighted by Crippen LogP contribution is -2.09. The highest BCUT2D eigenvalue weighted by Gasteiger charge is 2.20. The van der Waals surface area contributed by atoms with Crippen molar-refractivity contribution in [2.24, 2.45) is 0 Å². The summed E-state index contributed by atoms with van der Waals surface area (Å²) in [6.07, 6.45) is 0. The van der Waals surface area contributed by atoms with Gasteiger partial charge < -0.3 is 13.7 Å². The molecule has 0 saturated carbocycles. The van der Waals surface area contributed by atoms with E-state index in [1.807, 2.05) is 53.8 Å². The van der Waals surface area contributed by atoms with Gasteiger partial charge in [0, 0.05) is 48.2 Å². The summed E-state index contributed by atoms with van der Waals surface area (Å²) in [7, 11) is 0. The van der Waals surface area contributed by atoms with Gasteiger partial charge in [0.15, 0.2) is 5.58 Å². The monoisotopic (exact) mass is 710 g/mol. The van der Waals surface area contributed by atoms with Crippen LogP contribution in [0.5, 0.6) is 0 Å². The van der Waals surface area contributed by atoms with E-state index in [1.54, 1.807) is 0 Å². The molecule has 0 N–H and O–H groups in total. The summed E-state index contributed by atoms with van der Waals surface area (Å²) in [4.78, 5) is 7.31. The highest BCUT2D eigenvalue weighted by Crippen LogP contribution is 2.44. The summed E-state index contributed by atoms with van der Waals surface area (Å²) >= 11 is 1.86. The summed E-state index contributed by atoms with van der Waals surface area (Å²) in [6, 6.07) is 63.9. The minimum absolute atomic E-state index is 0.593. The zero-order valence-electron chi connectivity index (χ0n) is 28.9. The van der Waals surface area contributed by atoms with Crippen LogP contribution in [0.15, 0.2) is 191 Å². The first-order chi connectivity index (χ1) is 26.7. The number of oxazole rings is 1. The molecule has 3 aromatic heterocycles. The van der Waals surface area contributed by atoms with Crippen LogP contribution in [0.3, 0.4) is 0 Å². The molecule has 0 amide bonds. The topological polar surface area (TPSA) is 42.4 Å². The Morgan fingerprint density at radius 2 is 1.04 bits per heavy atom. The molecule has 0 fully saturated rings. The van der Waals surface area contributed by atoms with Crippen molar-refractivity contribution in [3.05, 3.63) is 182 Å². The van der Waals surface area contributed by atoms with Gasteiger partial charge in [-0.25, -0.2) is 4.98 Å². The normalized spacial score (nSPS) is 11.7. The van der Waals surface area contributed by atoms with Crippen molar-refractivity contribution in [2.75, 3.05) is 4.90 Å². The van der Waals surface area contributed by atoms with Crippen molar-refractivity contribution in [3.63, 3.8) is 0 Å². The van der Waals surface area contributed by atoms with E-state index in [4.69, 9.17) is 13.8 Å². The highest BCUT2D eigenvalue weighted by molar-refractivity contribution is 7.26. The zero-order chi connectivity index (χ0) is 35.6. The maximum atomic E-state index is 6.41. The Balaban J connectivity index is 1.06. The minimum atomic E-state index is 0.593. The van der Waals surface area contributed by atoms with Crippen molar-refractivity contribution in [1.82, 2.24) is 4.98 Å². The molecular weight excluding hydrogens is 681 g/mol. The third kappa shape index (κ3) is 5.01. The van der Waals surface area contributed by atoms with Gasteiger partial charge in [0.05, 0.1) is 5.39 Å². The Morgan fingerprint density at radius 3 is 1.81 bits per heavy atom. The van der Waals surface area contributed by atoms with Crippen LogP contribution >= 0.6 is 11.3 Å². The highest BCUT2D eigenvalue weighted by atomic mass is 32.1. The Morgan fingerprint density at radius 1 is 0.426 bits per heavy atom. The summed E-state index contributed by atoms with van der Waals surface area (Å²) in [5.74, 6) is 0.593. The molecule has 254 valence electrons. The van der Waals surface area contributed by atoms with Crippen LogP contribution in [0.1, 0.15) is 0 Å². The Hall–Kier alpha value is -6.95. The number of rotatable bonds is 6. The summed E-state index contributed by atoms with van der Waals surface area (Å²) < 4.78 is 15.3. The third-order valence-electron chi connectivity index (χ3n) is 10.3. The first-order valence-electron chi connectivity index (χ1n) is 18.0. The second-order valence-corrected chi connectivity index (χ2v) is 14.6. The van der Waals surface area contributed by atoms with Crippen LogP contribution in [-0.4, -0.2) is 4.98 Å². The lowest BCUT2D eigenvalue weighted by atomic mass is 10.0. The van der Waals surface area contributed by atoms with Crippen LogP contribution in [0.2, 0.25) is 0 Å². The van der Waals surface area contributed by atoms with Crippen molar-refractivity contribution in [3.8, 4) is 33.7 Å². The average molecular weight is 711 g/mol. The van der Waals surface area contributed by atoms with Crippen LogP contribution in [0.4, 0.5) is 17.1 Å². The maximum Gasteiger partial charge on any atom is 0.227 e. The molecule has 0 aliphatic carbocycles. The fourth-order valence-corrected chi connectivity index (χ4v) is 8.97. The van der Waals surface area contributed by atoms with E-state index in [0.717, 1.165) is 55.7 Å². The van der Waals surface area contributed by atoms with Crippen molar-refractivity contribution in [1.29, 1.82) is 0 Å². The molecule has 0 radical (unpaired) electrons. The molecule has 11 aromatic rings. The number of hydrogen-bond donors (Lipinski definition) is 0. The first-order valence-corrected chi connectivity index (χ1v) is 18.8. The van der Waals surface area contributed by atoms with E-state index in [-0.39, 0.29) is 0 Å². The molecule has 8 aromatic carbocycles. The molecule has 3 heterocycles. The molecule has 0 aliphatic heterocycles. The number of hydrogen-bond acceptors (Lipinski definition) is 5. The van der Waals surface area contributed by atoms with Gasteiger partial charge in [0.2, 0.25) is 5.89 Å². The van der Waals surface area contributed by atoms with Gasteiger partial charge in [0.25, 0.3) is 0 Å². The predicted molar refractivity (Wildman–Crippen MR) is 225 cm³/mol. The van der Waals surface area contributed by atoms with Crippen molar-refractivity contribution in [2.45, 2.75) is 0 Å². The summed E-state index contributed by atoms with van der Waals surface area (Å²) in [5.41, 5.74) is 12.0. The van der Waals surface area contributed by atoms with E-state index >= 15 is 0 Å². The van der Waals surface area contributed by atoms with E-state index in [0.29, 0.717) is 5.89 Å². The number of anilines is 3. The fourth-order valence-electron chi connectivity index (χ4n) is 7.73. The number of furan rings is 1. The largest absolute Gasteiger partial charge is 0.456 e. The number of nitrogens with zero attached hydrogens (tertiary/aromatic N) is 2. The first kappa shape index (κ1) is 30.7. The van der Waals surface area contributed by atoms with Gasteiger partial charge in [-0.3, -0.25) is 0 Å². The Kier molecular flexibility index (Phi) is 7.00. The molecule has 0 aliphatic rings. The third-order valence-corrected chi connectivity index (χ3v) is 11.5. The second kappa shape index (κ2) is 12.3. The molecule has 0 bridgehead atoms. The quantitative estimate of drug-likeness (QED) is 0.172. The Bertz CT molecular complexity index is 3140. The molecule has 4 nitrogen and oxygen atoms in total. The van der Waals surface area contributed by atoms with E-state index in [2.05, 4.69) is 144 Å². The van der Waals surface area contributed by atoms with E-state index in [1.165, 1.54) is 42.4 Å². The van der Waals surface area contributed by atoms with Gasteiger partial charge in [0.1, 0.15) is 16.7 Å². The zero-order valence-corrected chi connectivity index (χ0v) is 29.8. The summed E-state index contributed by atoms with van der Waals surface area (Å²) in [5, 5.41) is 4.54. The average Bonchev–Trinajstić information content (AvgIpc) is 3.95. The molecule has 5 heteroatoms. The molecule has 0 unspecified atom stereocenters. The SMILES string of the molecule is c1ccc(-c2ccc(N(c3ccc(-c4cccc5c4sc4ccccc45)cc3)c3ccc4oc5ccc6oc(-c7ccccc7)nc6c5c4c3)cc2)cc1. The molecule has 0 saturated heterocycles. The van der Waals surface area contributed by atoms with Crippen LogP contribution < -0.4 is 4.90 Å². The number of fused-ring (bicyclic) bond motifs is 8. The fraction of sp³-hybridized carbons (Fsp3) is 0. The molecule has 0 atom stereocenters. The lowest BCUT2D eigenvalue weighted by molar-refractivity contribution is 0.619. The van der Waals surface area contributed by atoms with Crippen LogP contribution in [0, 0.1) is 0 Å². The van der Waals surface area contributed by atoms with Crippen LogP contribution in [0.25, 0.3) is 86.9 Å². The maximum absolute atomic E-state index is 6.41.